The summed E-state index contributed by atoms with van der Waals surface area (Å²) in [7, 11) is 0. The molecule has 80 valence electrons. The summed E-state index contributed by atoms with van der Waals surface area (Å²) in [5.74, 6) is -1.07. The number of aromatic nitrogens is 1. The highest BCUT2D eigenvalue weighted by molar-refractivity contribution is 8.00. The van der Waals surface area contributed by atoms with Gasteiger partial charge in [-0.3, -0.25) is 4.79 Å². The van der Waals surface area contributed by atoms with E-state index >= 15 is 0 Å². The molecule has 0 aliphatic carbocycles. The molecule has 0 saturated heterocycles. The van der Waals surface area contributed by atoms with Crippen molar-refractivity contribution in [1.82, 2.24) is 4.98 Å². The third-order valence-electron chi connectivity index (χ3n) is 1.93. The lowest BCUT2D eigenvalue weighted by Gasteiger charge is -2.15. The second-order valence-electron chi connectivity index (χ2n) is 2.99. The Morgan fingerprint density at radius 3 is 3.06 bits per heavy atom. The number of rotatable bonds is 1. The lowest BCUT2D eigenvalue weighted by Crippen LogP contribution is -2.21. The summed E-state index contributed by atoms with van der Waals surface area (Å²) in [6, 6.07) is 3.20. The summed E-state index contributed by atoms with van der Waals surface area (Å²) in [6.45, 7) is 0. The Morgan fingerprint density at radius 1 is 1.69 bits per heavy atom. The van der Waals surface area contributed by atoms with E-state index in [0.29, 0.717) is 4.90 Å². The van der Waals surface area contributed by atoms with E-state index in [0.717, 1.165) is 0 Å². The number of thioether (sulfide) groups is 1. The summed E-state index contributed by atoms with van der Waals surface area (Å²) >= 11 is 1.23. The lowest BCUT2D eigenvalue weighted by atomic mass is 10.2. The molecule has 1 aromatic heterocycles. The first-order chi connectivity index (χ1) is 7.61. The van der Waals surface area contributed by atoms with Gasteiger partial charge in [0, 0.05) is 0 Å². The number of carboxylic acids is 1. The molecule has 0 fully saturated rings. The molecule has 1 aliphatic heterocycles. The molecule has 0 unspecified atom stereocenters. The van der Waals surface area contributed by atoms with Crippen LogP contribution in [0.3, 0.4) is 0 Å². The molecule has 1 amide bonds. The largest absolute Gasteiger partial charge is 0.476 e. The molecule has 7 heteroatoms. The fraction of sp³-hybridized carbons (Fsp3) is 0.111. The van der Waals surface area contributed by atoms with E-state index < -0.39 is 5.97 Å². The van der Waals surface area contributed by atoms with Gasteiger partial charge in [-0.1, -0.05) is 0 Å². The van der Waals surface area contributed by atoms with E-state index in [-0.39, 0.29) is 28.7 Å². The second kappa shape index (κ2) is 3.83. The van der Waals surface area contributed by atoms with Crippen molar-refractivity contribution in [2.45, 2.75) is 4.90 Å². The van der Waals surface area contributed by atoms with Crippen molar-refractivity contribution in [2.24, 2.45) is 0 Å². The van der Waals surface area contributed by atoms with E-state index in [9.17, 15) is 9.59 Å². The van der Waals surface area contributed by atoms with Crippen molar-refractivity contribution in [3.8, 4) is 6.07 Å². The van der Waals surface area contributed by atoms with Gasteiger partial charge in [0.15, 0.2) is 5.69 Å². The Hall–Kier alpha value is -2.07. The number of fused-ring (bicyclic) bond motifs is 1. The van der Waals surface area contributed by atoms with Crippen LogP contribution in [0.5, 0.6) is 0 Å². The summed E-state index contributed by atoms with van der Waals surface area (Å²) in [5.41, 5.74) is -0.348. The van der Waals surface area contributed by atoms with Gasteiger partial charge in [0.1, 0.15) is 11.9 Å². The van der Waals surface area contributed by atoms with Gasteiger partial charge < -0.3 is 10.4 Å². The molecule has 0 saturated carbocycles. The van der Waals surface area contributed by atoms with Crippen LogP contribution in [0, 0.1) is 11.3 Å². The average Bonchev–Trinajstić information content (AvgIpc) is 2.27. The maximum Gasteiger partial charge on any atom is 0.355 e. The standard InChI is InChI=1S/C9H5N3O3S/c10-2-4-1-5-8(11-6(13)3-16-5)12-7(4)9(14)15/h1H,3H2,(H,14,15)(H,11,12,13). The van der Waals surface area contributed by atoms with Crippen molar-refractivity contribution in [3.63, 3.8) is 0 Å². The zero-order chi connectivity index (χ0) is 11.7. The average molecular weight is 235 g/mol. The van der Waals surface area contributed by atoms with Crippen LogP contribution in [0.2, 0.25) is 0 Å². The molecule has 1 aliphatic rings. The fourth-order valence-corrected chi connectivity index (χ4v) is 2.05. The van der Waals surface area contributed by atoms with Crippen LogP contribution in [0.15, 0.2) is 11.0 Å². The first kappa shape index (κ1) is 10.4. The van der Waals surface area contributed by atoms with Gasteiger partial charge in [0.2, 0.25) is 5.91 Å². The Bertz CT molecular complexity index is 536. The molecule has 0 spiro atoms. The molecule has 2 N–H and O–H groups in total. The minimum absolute atomic E-state index is 0.00472. The minimum Gasteiger partial charge on any atom is -0.476 e. The van der Waals surface area contributed by atoms with Crippen molar-refractivity contribution < 1.29 is 14.7 Å². The highest BCUT2D eigenvalue weighted by Crippen LogP contribution is 2.31. The highest BCUT2D eigenvalue weighted by atomic mass is 32.2. The van der Waals surface area contributed by atoms with E-state index in [4.69, 9.17) is 10.4 Å². The Labute approximate surface area is 94.3 Å². The monoisotopic (exact) mass is 235 g/mol. The Balaban J connectivity index is 2.58. The quantitative estimate of drug-likeness (QED) is 0.742. The van der Waals surface area contributed by atoms with Crippen LogP contribution in [0.25, 0.3) is 0 Å². The van der Waals surface area contributed by atoms with Crippen molar-refractivity contribution in [2.75, 3.05) is 11.1 Å². The van der Waals surface area contributed by atoms with E-state index in [1.165, 1.54) is 17.8 Å². The number of nitriles is 1. The molecular formula is C9H5N3O3S. The number of nitrogens with zero attached hydrogens (tertiary/aromatic N) is 2. The number of amides is 1. The molecule has 0 atom stereocenters. The van der Waals surface area contributed by atoms with Gasteiger partial charge in [-0.15, -0.1) is 11.8 Å². The normalized spacial score (nSPS) is 13.6. The molecule has 1 aromatic rings. The topological polar surface area (TPSA) is 103 Å². The number of nitrogens with one attached hydrogen (secondary N) is 1. The van der Waals surface area contributed by atoms with Crippen molar-refractivity contribution in [1.29, 1.82) is 5.26 Å². The summed E-state index contributed by atoms with van der Waals surface area (Å²) in [5, 5.41) is 20.1. The molecule has 6 nitrogen and oxygen atoms in total. The fourth-order valence-electron chi connectivity index (χ4n) is 1.25. The number of pyridine rings is 1. The van der Waals surface area contributed by atoms with Gasteiger partial charge in [-0.2, -0.15) is 5.26 Å². The molecule has 2 heterocycles. The second-order valence-corrected chi connectivity index (χ2v) is 4.00. The predicted octanol–water partition coefficient (Wildman–Crippen LogP) is 0.696. The van der Waals surface area contributed by atoms with Crippen LogP contribution in [-0.2, 0) is 4.79 Å². The number of carbonyl (C=O) groups is 2. The number of hydrogen-bond acceptors (Lipinski definition) is 5. The summed E-state index contributed by atoms with van der Waals surface area (Å²) < 4.78 is 0. The number of carbonyl (C=O) groups excluding carboxylic acids is 1. The first-order valence-corrected chi connectivity index (χ1v) is 5.21. The molecule has 0 aromatic carbocycles. The van der Waals surface area contributed by atoms with Gasteiger partial charge in [0.05, 0.1) is 16.2 Å². The van der Waals surface area contributed by atoms with E-state index in [2.05, 4.69) is 10.3 Å². The maximum atomic E-state index is 11.1. The highest BCUT2D eigenvalue weighted by Gasteiger charge is 2.22. The smallest absolute Gasteiger partial charge is 0.355 e. The number of aromatic carboxylic acids is 1. The zero-order valence-corrected chi connectivity index (χ0v) is 8.67. The van der Waals surface area contributed by atoms with Crippen LogP contribution in [-0.4, -0.2) is 27.7 Å². The minimum atomic E-state index is -1.29. The molecule has 2 rings (SSSR count). The van der Waals surface area contributed by atoms with Gasteiger partial charge in [-0.05, 0) is 6.07 Å². The van der Waals surface area contributed by atoms with Gasteiger partial charge in [0.25, 0.3) is 0 Å². The summed E-state index contributed by atoms with van der Waals surface area (Å²) in [4.78, 5) is 26.3. The zero-order valence-electron chi connectivity index (χ0n) is 7.85. The van der Waals surface area contributed by atoms with Crippen LogP contribution in [0.4, 0.5) is 5.82 Å². The van der Waals surface area contributed by atoms with Gasteiger partial charge in [-0.25, -0.2) is 9.78 Å². The molecule has 0 bridgehead atoms. The summed E-state index contributed by atoms with van der Waals surface area (Å²) in [6.07, 6.45) is 0. The molecule has 16 heavy (non-hydrogen) atoms. The number of anilines is 1. The Kier molecular flexibility index (Phi) is 2.50. The van der Waals surface area contributed by atoms with Crippen molar-refractivity contribution in [3.05, 3.63) is 17.3 Å². The number of hydrogen-bond donors (Lipinski definition) is 2. The third-order valence-corrected chi connectivity index (χ3v) is 2.96. The van der Waals surface area contributed by atoms with Crippen molar-refractivity contribution >= 4 is 29.5 Å². The van der Waals surface area contributed by atoms with E-state index in [1.54, 1.807) is 6.07 Å². The third kappa shape index (κ3) is 1.70. The van der Waals surface area contributed by atoms with Crippen LogP contribution < -0.4 is 5.32 Å². The van der Waals surface area contributed by atoms with E-state index in [1.807, 2.05) is 0 Å². The molecular weight excluding hydrogens is 230 g/mol. The SMILES string of the molecule is N#Cc1cc2c(nc1C(=O)O)NC(=O)CS2. The maximum absolute atomic E-state index is 11.1. The lowest BCUT2D eigenvalue weighted by molar-refractivity contribution is -0.113. The predicted molar refractivity (Wildman–Crippen MR) is 55.3 cm³/mol. The van der Waals surface area contributed by atoms with Crippen LogP contribution in [0.1, 0.15) is 16.1 Å². The molecule has 0 radical (unpaired) electrons. The first-order valence-electron chi connectivity index (χ1n) is 4.23. The van der Waals surface area contributed by atoms with Crippen LogP contribution >= 0.6 is 11.8 Å². The Morgan fingerprint density at radius 2 is 2.44 bits per heavy atom. The number of carboxylic acid groups (broad SMARTS) is 1. The van der Waals surface area contributed by atoms with Gasteiger partial charge >= 0.3 is 5.97 Å².